The monoisotopic (exact) mass is 360 g/mol. The molecule has 0 atom stereocenters. The molecule has 26 heavy (non-hydrogen) atoms. The Bertz CT molecular complexity index is 706. The minimum absolute atomic E-state index is 0.143. The maximum Gasteiger partial charge on any atom is 0.411 e. The summed E-state index contributed by atoms with van der Waals surface area (Å²) >= 11 is 0. The first-order chi connectivity index (χ1) is 11.8. The van der Waals surface area contributed by atoms with E-state index in [1.54, 1.807) is 53.7 Å². The van der Waals surface area contributed by atoms with Crippen LogP contribution in [-0.4, -0.2) is 34.7 Å². The largest absolute Gasteiger partial charge is 0.459 e. The number of carbonyl (C=O) groups excluding carboxylic acids is 2. The lowest BCUT2D eigenvalue weighted by molar-refractivity contribution is -0.156. The third-order valence-corrected chi connectivity index (χ3v) is 3.03. The summed E-state index contributed by atoms with van der Waals surface area (Å²) in [4.78, 5) is 26.0. The van der Waals surface area contributed by atoms with Crippen LogP contribution in [0.3, 0.4) is 0 Å². The highest BCUT2D eigenvalue weighted by Crippen LogP contribution is 2.16. The van der Waals surface area contributed by atoms with Crippen molar-refractivity contribution < 1.29 is 19.1 Å². The minimum atomic E-state index is -0.687. The van der Waals surface area contributed by atoms with Crippen LogP contribution in [0.15, 0.2) is 18.2 Å². The zero-order chi connectivity index (χ0) is 20.1. The summed E-state index contributed by atoms with van der Waals surface area (Å²) in [7, 11) is 0. The van der Waals surface area contributed by atoms with E-state index in [1.165, 1.54) is 4.90 Å². The molecule has 0 heterocycles. The molecule has 0 aliphatic rings. The molecule has 1 amide bonds. The van der Waals surface area contributed by atoms with E-state index in [0.29, 0.717) is 5.56 Å². The van der Waals surface area contributed by atoms with E-state index in [-0.39, 0.29) is 13.1 Å². The Balaban J connectivity index is 3.04. The quantitative estimate of drug-likeness (QED) is 0.760. The Kier molecular flexibility index (Phi) is 6.79. The Morgan fingerprint density at radius 2 is 1.62 bits per heavy atom. The molecule has 0 N–H and O–H groups in total. The standard InChI is InChI=1S/C20H28N2O4/c1-14-8-15(11-21)10-16(9-14)12-22(18(24)26-20(5,6)7)13-17(23)25-19(2,3)4/h8-10H,12-13H2,1-7H3. The molecule has 0 aliphatic carbocycles. The van der Waals surface area contributed by atoms with Crippen LogP contribution in [0.5, 0.6) is 0 Å². The average molecular weight is 360 g/mol. The minimum Gasteiger partial charge on any atom is -0.459 e. The number of nitriles is 1. The molecule has 0 bridgehead atoms. The Morgan fingerprint density at radius 1 is 1.04 bits per heavy atom. The number of esters is 1. The van der Waals surface area contributed by atoms with Crippen molar-refractivity contribution in [3.05, 3.63) is 34.9 Å². The summed E-state index contributed by atoms with van der Waals surface area (Å²) in [6.45, 7) is 12.4. The highest BCUT2D eigenvalue weighted by molar-refractivity contribution is 5.78. The van der Waals surface area contributed by atoms with Gasteiger partial charge < -0.3 is 9.47 Å². The van der Waals surface area contributed by atoms with Crippen LogP contribution in [0.4, 0.5) is 4.79 Å². The Hall–Kier alpha value is -2.55. The van der Waals surface area contributed by atoms with Crippen molar-refractivity contribution in [3.8, 4) is 6.07 Å². The van der Waals surface area contributed by atoms with Gasteiger partial charge in [0, 0.05) is 6.54 Å². The molecule has 0 radical (unpaired) electrons. The number of nitrogens with zero attached hydrogens (tertiary/aromatic N) is 2. The molecule has 0 spiro atoms. The zero-order valence-corrected chi connectivity index (χ0v) is 16.7. The SMILES string of the molecule is Cc1cc(C#N)cc(CN(CC(=O)OC(C)(C)C)C(=O)OC(C)(C)C)c1. The zero-order valence-electron chi connectivity index (χ0n) is 16.7. The topological polar surface area (TPSA) is 79.6 Å². The van der Waals surface area contributed by atoms with E-state index in [1.807, 2.05) is 13.0 Å². The van der Waals surface area contributed by atoms with Crippen LogP contribution in [0.1, 0.15) is 58.2 Å². The van der Waals surface area contributed by atoms with E-state index >= 15 is 0 Å². The average Bonchev–Trinajstić information content (AvgIpc) is 2.42. The van der Waals surface area contributed by atoms with Crippen LogP contribution < -0.4 is 0 Å². The van der Waals surface area contributed by atoms with E-state index < -0.39 is 23.3 Å². The maximum atomic E-state index is 12.5. The molecule has 0 fully saturated rings. The van der Waals surface area contributed by atoms with Gasteiger partial charge in [0.15, 0.2) is 0 Å². The molecular weight excluding hydrogens is 332 g/mol. The van der Waals surface area contributed by atoms with Gasteiger partial charge in [-0.2, -0.15) is 5.26 Å². The van der Waals surface area contributed by atoms with Crippen LogP contribution in [0, 0.1) is 18.3 Å². The molecule has 6 heteroatoms. The number of benzene rings is 1. The molecule has 0 unspecified atom stereocenters. The second-order valence-corrected chi connectivity index (χ2v) is 8.24. The van der Waals surface area contributed by atoms with Gasteiger partial charge in [-0.25, -0.2) is 4.79 Å². The van der Waals surface area contributed by atoms with Gasteiger partial charge in [0.25, 0.3) is 0 Å². The summed E-state index contributed by atoms with van der Waals surface area (Å²) in [6, 6.07) is 7.42. The van der Waals surface area contributed by atoms with E-state index in [9.17, 15) is 9.59 Å². The van der Waals surface area contributed by atoms with Crippen molar-refractivity contribution in [2.24, 2.45) is 0 Å². The summed E-state index contributed by atoms with van der Waals surface area (Å²) < 4.78 is 10.7. The summed E-state index contributed by atoms with van der Waals surface area (Å²) in [5.74, 6) is -0.517. The smallest absolute Gasteiger partial charge is 0.411 e. The normalized spacial score (nSPS) is 11.5. The van der Waals surface area contributed by atoms with Crippen molar-refractivity contribution in [1.29, 1.82) is 5.26 Å². The lowest BCUT2D eigenvalue weighted by Gasteiger charge is -2.28. The molecule has 0 saturated carbocycles. The van der Waals surface area contributed by atoms with Gasteiger partial charge in [-0.05, 0) is 71.7 Å². The third kappa shape index (κ3) is 8.02. The predicted molar refractivity (Wildman–Crippen MR) is 98.4 cm³/mol. The summed E-state index contributed by atoms with van der Waals surface area (Å²) in [6.07, 6.45) is -0.608. The van der Waals surface area contributed by atoms with Crippen molar-refractivity contribution in [1.82, 2.24) is 4.90 Å². The number of hydrogen-bond donors (Lipinski definition) is 0. The Morgan fingerprint density at radius 3 is 2.12 bits per heavy atom. The number of aryl methyl sites for hydroxylation is 1. The second-order valence-electron chi connectivity index (χ2n) is 8.24. The van der Waals surface area contributed by atoms with E-state index in [4.69, 9.17) is 14.7 Å². The molecule has 6 nitrogen and oxygen atoms in total. The molecule has 0 saturated heterocycles. The maximum absolute atomic E-state index is 12.5. The first-order valence-electron chi connectivity index (χ1n) is 8.49. The molecule has 1 rings (SSSR count). The first kappa shape index (κ1) is 21.5. The first-order valence-corrected chi connectivity index (χ1v) is 8.49. The van der Waals surface area contributed by atoms with Gasteiger partial charge >= 0.3 is 12.1 Å². The third-order valence-electron chi connectivity index (χ3n) is 3.03. The molecule has 1 aromatic rings. The van der Waals surface area contributed by atoms with Gasteiger partial charge in [-0.3, -0.25) is 9.69 Å². The number of rotatable bonds is 4. The summed E-state index contributed by atoms with van der Waals surface area (Å²) in [5.41, 5.74) is 0.819. The van der Waals surface area contributed by atoms with Gasteiger partial charge in [0.2, 0.25) is 0 Å². The number of ether oxygens (including phenoxy) is 2. The highest BCUT2D eigenvalue weighted by atomic mass is 16.6. The summed E-state index contributed by atoms with van der Waals surface area (Å²) in [5, 5.41) is 9.13. The van der Waals surface area contributed by atoms with Gasteiger partial charge in [-0.15, -0.1) is 0 Å². The van der Waals surface area contributed by atoms with Crippen molar-refractivity contribution in [2.45, 2.75) is 66.2 Å². The fourth-order valence-corrected chi connectivity index (χ4v) is 2.28. The lowest BCUT2D eigenvalue weighted by atomic mass is 10.1. The van der Waals surface area contributed by atoms with Crippen LogP contribution >= 0.6 is 0 Å². The molecule has 142 valence electrons. The highest BCUT2D eigenvalue weighted by Gasteiger charge is 2.26. The van der Waals surface area contributed by atoms with Gasteiger partial charge in [-0.1, -0.05) is 6.07 Å². The number of amides is 1. The molecule has 0 aromatic heterocycles. The van der Waals surface area contributed by atoms with Crippen LogP contribution in [0.25, 0.3) is 0 Å². The predicted octanol–water partition coefficient (Wildman–Crippen LogP) is 3.95. The number of hydrogen-bond acceptors (Lipinski definition) is 5. The van der Waals surface area contributed by atoms with E-state index in [0.717, 1.165) is 11.1 Å². The van der Waals surface area contributed by atoms with Crippen molar-refractivity contribution in [2.75, 3.05) is 6.54 Å². The second kappa shape index (κ2) is 8.22. The molecule has 1 aromatic carbocycles. The van der Waals surface area contributed by atoms with Crippen molar-refractivity contribution in [3.63, 3.8) is 0 Å². The molecule has 0 aliphatic heterocycles. The fourth-order valence-electron chi connectivity index (χ4n) is 2.28. The molecular formula is C20H28N2O4. The van der Waals surface area contributed by atoms with Crippen molar-refractivity contribution >= 4 is 12.1 Å². The Labute approximate surface area is 155 Å². The number of carbonyl (C=O) groups is 2. The van der Waals surface area contributed by atoms with Crippen LogP contribution in [-0.2, 0) is 20.8 Å². The lowest BCUT2D eigenvalue weighted by Crippen LogP contribution is -2.41. The van der Waals surface area contributed by atoms with Gasteiger partial charge in [0.05, 0.1) is 11.6 Å². The van der Waals surface area contributed by atoms with Gasteiger partial charge in [0.1, 0.15) is 17.7 Å². The van der Waals surface area contributed by atoms with Crippen LogP contribution in [0.2, 0.25) is 0 Å². The fraction of sp³-hybridized carbons (Fsp3) is 0.550. The van der Waals surface area contributed by atoms with E-state index in [2.05, 4.69) is 6.07 Å².